The molecule has 0 aromatic carbocycles. The molecule has 2 N–H and O–H groups in total. The molecule has 25 heavy (non-hydrogen) atoms. The summed E-state index contributed by atoms with van der Waals surface area (Å²) in [6.45, 7) is 3.35. The van der Waals surface area contributed by atoms with Gasteiger partial charge in [-0.1, -0.05) is 0 Å². The minimum Gasteiger partial charge on any atom is -0.369 e. The Labute approximate surface area is 148 Å². The average Bonchev–Trinajstić information content (AvgIpc) is 2.62. The maximum atomic E-state index is 12.5. The standard InChI is InChI=1S/C18H27N5O2/c1-22-6-2-3-13(12-22)9-15-10-21-16(11-20-15)18(25)23-7-4-14(5-8-23)17(19)24/h10-11,13-14H,2-9,12H2,1H3,(H2,19,24). The molecule has 1 aromatic rings. The Hall–Kier alpha value is -2.02. The second-order valence-electron chi connectivity index (χ2n) is 7.34. The lowest BCUT2D eigenvalue weighted by molar-refractivity contribution is -0.123. The smallest absolute Gasteiger partial charge is 0.274 e. The number of nitrogens with two attached hydrogens (primary N) is 1. The van der Waals surface area contributed by atoms with E-state index >= 15 is 0 Å². The molecule has 2 aliphatic heterocycles. The van der Waals surface area contributed by atoms with Crippen LogP contribution in [0.2, 0.25) is 0 Å². The Bertz CT molecular complexity index is 610. The van der Waals surface area contributed by atoms with Crippen molar-refractivity contribution >= 4 is 11.8 Å². The number of primary amides is 1. The molecule has 1 unspecified atom stereocenters. The summed E-state index contributed by atoms with van der Waals surface area (Å²) >= 11 is 0. The number of nitrogens with zero attached hydrogens (tertiary/aromatic N) is 4. The molecule has 7 heteroatoms. The Morgan fingerprint density at radius 2 is 1.92 bits per heavy atom. The number of amides is 2. The number of carbonyl (C=O) groups is 2. The van der Waals surface area contributed by atoms with Gasteiger partial charge in [0.2, 0.25) is 5.91 Å². The van der Waals surface area contributed by atoms with Crippen molar-refractivity contribution in [3.8, 4) is 0 Å². The van der Waals surface area contributed by atoms with Crippen LogP contribution in [0.4, 0.5) is 0 Å². The van der Waals surface area contributed by atoms with Crippen molar-refractivity contribution in [2.45, 2.75) is 32.1 Å². The molecule has 2 fully saturated rings. The molecule has 7 nitrogen and oxygen atoms in total. The van der Waals surface area contributed by atoms with Crippen molar-refractivity contribution < 1.29 is 9.59 Å². The predicted octanol–water partition coefficient (Wildman–Crippen LogP) is 0.698. The van der Waals surface area contributed by atoms with Crippen LogP contribution in [0.25, 0.3) is 0 Å². The van der Waals surface area contributed by atoms with Gasteiger partial charge in [0, 0.05) is 31.7 Å². The van der Waals surface area contributed by atoms with E-state index in [9.17, 15) is 9.59 Å². The van der Waals surface area contributed by atoms with Crippen molar-refractivity contribution in [1.29, 1.82) is 0 Å². The van der Waals surface area contributed by atoms with Gasteiger partial charge in [-0.05, 0) is 51.6 Å². The summed E-state index contributed by atoms with van der Waals surface area (Å²) in [5.74, 6) is 0.109. The molecule has 0 bridgehead atoms. The Balaban J connectivity index is 1.55. The molecule has 3 rings (SSSR count). The summed E-state index contributed by atoms with van der Waals surface area (Å²) in [6.07, 6.45) is 7.94. The van der Waals surface area contributed by atoms with Crippen molar-refractivity contribution in [3.05, 3.63) is 23.8 Å². The van der Waals surface area contributed by atoms with Gasteiger partial charge in [-0.25, -0.2) is 4.98 Å². The zero-order valence-corrected chi connectivity index (χ0v) is 14.9. The number of hydrogen-bond acceptors (Lipinski definition) is 5. The fraction of sp³-hybridized carbons (Fsp3) is 0.667. The van der Waals surface area contributed by atoms with Gasteiger partial charge in [0.05, 0.1) is 11.9 Å². The van der Waals surface area contributed by atoms with E-state index in [1.54, 1.807) is 17.3 Å². The van der Waals surface area contributed by atoms with Gasteiger partial charge in [-0.3, -0.25) is 14.6 Å². The molecule has 0 aliphatic carbocycles. The van der Waals surface area contributed by atoms with Crippen LogP contribution in [0, 0.1) is 11.8 Å². The molecular weight excluding hydrogens is 318 g/mol. The van der Waals surface area contributed by atoms with Crippen LogP contribution in [0.3, 0.4) is 0 Å². The number of aromatic nitrogens is 2. The lowest BCUT2D eigenvalue weighted by Gasteiger charge is -2.30. The molecular formula is C18H27N5O2. The maximum absolute atomic E-state index is 12.5. The Kier molecular flexibility index (Phi) is 5.63. The Morgan fingerprint density at radius 3 is 2.52 bits per heavy atom. The van der Waals surface area contributed by atoms with Crippen LogP contribution in [-0.2, 0) is 11.2 Å². The van der Waals surface area contributed by atoms with Gasteiger partial charge in [-0.15, -0.1) is 0 Å². The molecule has 1 aromatic heterocycles. The molecule has 0 saturated carbocycles. The maximum Gasteiger partial charge on any atom is 0.274 e. The first kappa shape index (κ1) is 17.8. The van der Waals surface area contributed by atoms with Crippen LogP contribution >= 0.6 is 0 Å². The monoisotopic (exact) mass is 345 g/mol. The van der Waals surface area contributed by atoms with E-state index in [1.807, 2.05) is 0 Å². The van der Waals surface area contributed by atoms with Gasteiger partial charge in [0.1, 0.15) is 5.69 Å². The summed E-state index contributed by atoms with van der Waals surface area (Å²) in [5, 5.41) is 0. The van der Waals surface area contributed by atoms with E-state index in [4.69, 9.17) is 5.73 Å². The number of carbonyl (C=O) groups excluding carboxylic acids is 2. The van der Waals surface area contributed by atoms with Gasteiger partial charge in [0.25, 0.3) is 5.91 Å². The minimum atomic E-state index is -0.274. The predicted molar refractivity (Wildman–Crippen MR) is 93.8 cm³/mol. The molecule has 2 aliphatic rings. The topological polar surface area (TPSA) is 92.4 Å². The van der Waals surface area contributed by atoms with E-state index < -0.39 is 0 Å². The third kappa shape index (κ3) is 4.54. The summed E-state index contributed by atoms with van der Waals surface area (Å²) in [7, 11) is 2.15. The molecule has 136 valence electrons. The summed E-state index contributed by atoms with van der Waals surface area (Å²) in [6, 6.07) is 0. The highest BCUT2D eigenvalue weighted by Gasteiger charge is 2.27. The quantitative estimate of drug-likeness (QED) is 0.867. The molecule has 1 atom stereocenters. The van der Waals surface area contributed by atoms with E-state index in [-0.39, 0.29) is 17.7 Å². The lowest BCUT2D eigenvalue weighted by atomic mass is 9.94. The summed E-state index contributed by atoms with van der Waals surface area (Å²) in [5.41, 5.74) is 6.66. The first-order valence-corrected chi connectivity index (χ1v) is 9.11. The van der Waals surface area contributed by atoms with Crippen molar-refractivity contribution in [2.75, 3.05) is 33.2 Å². The lowest BCUT2D eigenvalue weighted by Crippen LogP contribution is -2.42. The first-order valence-electron chi connectivity index (χ1n) is 9.11. The average molecular weight is 345 g/mol. The van der Waals surface area contributed by atoms with E-state index in [0.29, 0.717) is 37.5 Å². The highest BCUT2D eigenvalue weighted by molar-refractivity contribution is 5.92. The van der Waals surface area contributed by atoms with Crippen molar-refractivity contribution in [2.24, 2.45) is 17.6 Å². The zero-order chi connectivity index (χ0) is 17.8. The number of hydrogen-bond donors (Lipinski definition) is 1. The highest BCUT2D eigenvalue weighted by atomic mass is 16.2. The molecule has 0 radical (unpaired) electrons. The molecule has 0 spiro atoms. The summed E-state index contributed by atoms with van der Waals surface area (Å²) < 4.78 is 0. The Morgan fingerprint density at radius 1 is 1.16 bits per heavy atom. The van der Waals surface area contributed by atoms with Gasteiger partial charge in [0.15, 0.2) is 0 Å². The number of likely N-dealkylation sites (tertiary alicyclic amines) is 2. The van der Waals surface area contributed by atoms with Crippen LogP contribution in [0.5, 0.6) is 0 Å². The van der Waals surface area contributed by atoms with Crippen LogP contribution in [-0.4, -0.2) is 64.8 Å². The molecule has 2 saturated heterocycles. The van der Waals surface area contributed by atoms with Crippen LogP contribution in [0.15, 0.2) is 12.4 Å². The largest absolute Gasteiger partial charge is 0.369 e. The minimum absolute atomic E-state index is 0.112. The van der Waals surface area contributed by atoms with Gasteiger partial charge in [-0.2, -0.15) is 0 Å². The normalized spacial score (nSPS) is 22.8. The van der Waals surface area contributed by atoms with Gasteiger partial charge < -0.3 is 15.5 Å². The van der Waals surface area contributed by atoms with E-state index in [0.717, 1.165) is 18.7 Å². The van der Waals surface area contributed by atoms with E-state index in [1.165, 1.54) is 19.4 Å². The second-order valence-corrected chi connectivity index (χ2v) is 7.34. The fourth-order valence-electron chi connectivity index (χ4n) is 3.84. The SMILES string of the molecule is CN1CCCC(Cc2cnc(C(=O)N3CCC(C(N)=O)CC3)cn2)C1. The molecule has 2 amide bonds. The zero-order valence-electron chi connectivity index (χ0n) is 14.9. The fourth-order valence-corrected chi connectivity index (χ4v) is 3.84. The first-order chi connectivity index (χ1) is 12.0. The van der Waals surface area contributed by atoms with Crippen molar-refractivity contribution in [1.82, 2.24) is 19.8 Å². The number of piperidine rings is 2. The molecule has 3 heterocycles. The highest BCUT2D eigenvalue weighted by Crippen LogP contribution is 2.20. The van der Waals surface area contributed by atoms with Crippen LogP contribution in [0.1, 0.15) is 41.9 Å². The second kappa shape index (κ2) is 7.91. The summed E-state index contributed by atoms with van der Waals surface area (Å²) in [4.78, 5) is 36.6. The number of rotatable bonds is 4. The van der Waals surface area contributed by atoms with Crippen molar-refractivity contribution in [3.63, 3.8) is 0 Å². The van der Waals surface area contributed by atoms with Gasteiger partial charge >= 0.3 is 0 Å². The van der Waals surface area contributed by atoms with E-state index in [2.05, 4.69) is 21.9 Å². The third-order valence-electron chi connectivity index (χ3n) is 5.33. The third-order valence-corrected chi connectivity index (χ3v) is 5.33. The van der Waals surface area contributed by atoms with Crippen LogP contribution < -0.4 is 5.73 Å².